The van der Waals surface area contributed by atoms with E-state index in [1.54, 1.807) is 4.57 Å². The maximum atomic E-state index is 12.0. The van der Waals surface area contributed by atoms with E-state index >= 15 is 0 Å². The lowest BCUT2D eigenvalue weighted by molar-refractivity contribution is -0.0832. The number of hydrogen-bond donors (Lipinski definition) is 1. The fraction of sp³-hybridized carbons (Fsp3) is 0.364. The molecule has 3 aromatic rings. The van der Waals surface area contributed by atoms with Gasteiger partial charge in [0.05, 0.1) is 6.54 Å². The van der Waals surface area contributed by atoms with Crippen molar-refractivity contribution in [3.05, 3.63) is 75.5 Å². The summed E-state index contributed by atoms with van der Waals surface area (Å²) < 4.78 is 7.90. The molecule has 3 aliphatic rings. The molecule has 3 heterocycles. The molecule has 1 spiro atoms. The predicted octanol–water partition coefficient (Wildman–Crippen LogP) is 2.32. The van der Waals surface area contributed by atoms with E-state index < -0.39 is 0 Å². The van der Waals surface area contributed by atoms with Crippen LogP contribution in [0.5, 0.6) is 0 Å². The maximum absolute atomic E-state index is 12.0. The van der Waals surface area contributed by atoms with Crippen molar-refractivity contribution < 1.29 is 4.74 Å². The first kappa shape index (κ1) is 16.3. The molecule has 1 aromatic heterocycles. The van der Waals surface area contributed by atoms with Crippen LogP contribution in [-0.4, -0.2) is 38.4 Å². The van der Waals surface area contributed by atoms with Gasteiger partial charge in [0.2, 0.25) is 0 Å². The van der Waals surface area contributed by atoms with Gasteiger partial charge >= 0.3 is 5.69 Å². The SMILES string of the molecule is O=c1[nH]nc2n1CC1(CCN(Cc3ccc4c(c3)Cc3ccccc3-4)C1)OC2. The normalized spacial score (nSPS) is 23.0. The van der Waals surface area contributed by atoms with Crippen LogP contribution in [0.3, 0.4) is 0 Å². The summed E-state index contributed by atoms with van der Waals surface area (Å²) in [7, 11) is 0. The summed E-state index contributed by atoms with van der Waals surface area (Å²) in [6.07, 6.45) is 1.97. The van der Waals surface area contributed by atoms with Crippen LogP contribution < -0.4 is 5.69 Å². The fourth-order valence-corrected chi connectivity index (χ4v) is 5.04. The minimum Gasteiger partial charge on any atom is -0.364 e. The summed E-state index contributed by atoms with van der Waals surface area (Å²) in [5.41, 5.74) is 6.55. The lowest BCUT2D eigenvalue weighted by atomic mass is 10.0. The van der Waals surface area contributed by atoms with Crippen LogP contribution in [0.4, 0.5) is 0 Å². The average molecular weight is 374 g/mol. The molecule has 142 valence electrons. The van der Waals surface area contributed by atoms with Gasteiger partial charge in [-0.3, -0.25) is 9.47 Å². The van der Waals surface area contributed by atoms with E-state index in [0.29, 0.717) is 19.0 Å². The van der Waals surface area contributed by atoms with Gasteiger partial charge in [0.1, 0.15) is 12.2 Å². The summed E-state index contributed by atoms with van der Waals surface area (Å²) in [4.78, 5) is 14.4. The topological polar surface area (TPSA) is 63.2 Å². The quantitative estimate of drug-likeness (QED) is 0.585. The predicted molar refractivity (Wildman–Crippen MR) is 105 cm³/mol. The molecule has 28 heavy (non-hydrogen) atoms. The number of aromatic amines is 1. The van der Waals surface area contributed by atoms with Crippen molar-refractivity contribution in [1.82, 2.24) is 19.7 Å². The maximum Gasteiger partial charge on any atom is 0.343 e. The molecule has 1 fully saturated rings. The summed E-state index contributed by atoms with van der Waals surface area (Å²) >= 11 is 0. The molecular weight excluding hydrogens is 352 g/mol. The molecule has 1 N–H and O–H groups in total. The van der Waals surface area contributed by atoms with Gasteiger partial charge in [-0.25, -0.2) is 9.89 Å². The lowest BCUT2D eigenvalue weighted by Gasteiger charge is -2.33. The molecular formula is C22H22N4O2. The Morgan fingerprint density at radius 2 is 2.00 bits per heavy atom. The highest BCUT2D eigenvalue weighted by molar-refractivity contribution is 5.76. The van der Waals surface area contributed by atoms with Crippen molar-refractivity contribution in [3.63, 3.8) is 0 Å². The first-order chi connectivity index (χ1) is 13.7. The number of nitrogens with one attached hydrogen (secondary N) is 1. The summed E-state index contributed by atoms with van der Waals surface area (Å²) in [6, 6.07) is 15.6. The lowest BCUT2D eigenvalue weighted by Crippen LogP contribution is -2.46. The number of ether oxygens (including phenoxy) is 1. The number of H-pyrrole nitrogens is 1. The molecule has 6 nitrogen and oxygen atoms in total. The van der Waals surface area contributed by atoms with Crippen LogP contribution >= 0.6 is 0 Å². The van der Waals surface area contributed by atoms with Crippen molar-refractivity contribution in [2.24, 2.45) is 0 Å². The summed E-state index contributed by atoms with van der Waals surface area (Å²) in [6.45, 7) is 3.75. The molecule has 0 saturated carbocycles. The van der Waals surface area contributed by atoms with Gasteiger partial charge in [0.15, 0.2) is 5.82 Å². The minimum atomic E-state index is -0.270. The number of nitrogens with zero attached hydrogens (tertiary/aromatic N) is 3. The van der Waals surface area contributed by atoms with Crippen LogP contribution in [0.25, 0.3) is 11.1 Å². The summed E-state index contributed by atoms with van der Waals surface area (Å²) in [5.74, 6) is 0.701. The Kier molecular flexibility index (Phi) is 3.43. The van der Waals surface area contributed by atoms with Gasteiger partial charge in [-0.15, -0.1) is 0 Å². The molecule has 2 aromatic carbocycles. The number of likely N-dealkylation sites (tertiary alicyclic amines) is 1. The highest BCUT2D eigenvalue weighted by atomic mass is 16.5. The largest absolute Gasteiger partial charge is 0.364 e. The molecule has 0 bridgehead atoms. The second kappa shape index (κ2) is 5.90. The second-order valence-electron chi connectivity index (χ2n) is 8.29. The van der Waals surface area contributed by atoms with Gasteiger partial charge < -0.3 is 4.74 Å². The van der Waals surface area contributed by atoms with Gasteiger partial charge in [0.25, 0.3) is 0 Å². The van der Waals surface area contributed by atoms with E-state index in [1.807, 2.05) is 0 Å². The third kappa shape index (κ3) is 2.48. The van der Waals surface area contributed by atoms with E-state index in [2.05, 4.69) is 57.6 Å². The van der Waals surface area contributed by atoms with Crippen LogP contribution in [0.15, 0.2) is 47.3 Å². The Hall–Kier alpha value is -2.70. The average Bonchev–Trinajstić information content (AvgIpc) is 3.38. The number of fused-ring (bicyclic) bond motifs is 4. The monoisotopic (exact) mass is 374 g/mol. The number of rotatable bonds is 2. The van der Waals surface area contributed by atoms with E-state index in [-0.39, 0.29) is 11.3 Å². The van der Waals surface area contributed by atoms with Crippen LogP contribution in [0.2, 0.25) is 0 Å². The van der Waals surface area contributed by atoms with E-state index in [9.17, 15) is 4.79 Å². The van der Waals surface area contributed by atoms with E-state index in [0.717, 1.165) is 32.5 Å². The third-order valence-electron chi connectivity index (χ3n) is 6.45. The standard InChI is InChI=1S/C22H22N4O2/c27-21-24-23-20-12-28-22(14-26(20)21)7-8-25(13-22)11-15-5-6-19-17(9-15)10-16-3-1-2-4-18(16)19/h1-6,9H,7-8,10-14H2,(H,24,27). The Labute approximate surface area is 162 Å². The molecule has 1 atom stereocenters. The Bertz CT molecular complexity index is 1130. The smallest absolute Gasteiger partial charge is 0.343 e. The highest BCUT2D eigenvalue weighted by Gasteiger charge is 2.43. The van der Waals surface area contributed by atoms with Crippen LogP contribution in [-0.2, 0) is 30.9 Å². The van der Waals surface area contributed by atoms with Gasteiger partial charge in [-0.05, 0) is 40.7 Å². The van der Waals surface area contributed by atoms with E-state index in [4.69, 9.17) is 4.74 Å². The zero-order valence-corrected chi connectivity index (χ0v) is 15.6. The van der Waals surface area contributed by atoms with Gasteiger partial charge in [0, 0.05) is 19.6 Å². The van der Waals surface area contributed by atoms with Crippen LogP contribution in [0, 0.1) is 0 Å². The number of aromatic nitrogens is 3. The van der Waals surface area contributed by atoms with Crippen molar-refractivity contribution in [2.45, 2.75) is 38.1 Å². The van der Waals surface area contributed by atoms with Crippen molar-refractivity contribution in [2.75, 3.05) is 13.1 Å². The molecule has 0 amide bonds. The molecule has 6 heteroatoms. The Morgan fingerprint density at radius 1 is 1.11 bits per heavy atom. The Morgan fingerprint density at radius 3 is 2.96 bits per heavy atom. The molecule has 1 saturated heterocycles. The van der Waals surface area contributed by atoms with Crippen molar-refractivity contribution in [3.8, 4) is 11.1 Å². The Balaban J connectivity index is 1.19. The molecule has 2 aliphatic heterocycles. The first-order valence-corrected chi connectivity index (χ1v) is 9.90. The highest BCUT2D eigenvalue weighted by Crippen LogP contribution is 2.37. The number of hydrogen-bond acceptors (Lipinski definition) is 4. The molecule has 6 rings (SSSR count). The van der Waals surface area contributed by atoms with Crippen LogP contribution in [0.1, 0.15) is 28.9 Å². The molecule has 1 unspecified atom stereocenters. The zero-order chi connectivity index (χ0) is 18.7. The van der Waals surface area contributed by atoms with Gasteiger partial charge in [-0.2, -0.15) is 5.10 Å². The van der Waals surface area contributed by atoms with Crippen molar-refractivity contribution >= 4 is 0 Å². The zero-order valence-electron chi connectivity index (χ0n) is 15.6. The number of benzene rings is 2. The first-order valence-electron chi connectivity index (χ1n) is 9.90. The fourth-order valence-electron chi connectivity index (χ4n) is 5.04. The second-order valence-corrected chi connectivity index (χ2v) is 8.29. The minimum absolute atomic E-state index is 0.130. The van der Waals surface area contributed by atoms with Crippen molar-refractivity contribution in [1.29, 1.82) is 0 Å². The summed E-state index contributed by atoms with van der Waals surface area (Å²) in [5, 5.41) is 6.57. The van der Waals surface area contributed by atoms with Gasteiger partial charge in [-0.1, -0.05) is 42.5 Å². The van der Waals surface area contributed by atoms with E-state index in [1.165, 1.54) is 27.8 Å². The third-order valence-corrected chi connectivity index (χ3v) is 6.45. The molecule has 1 aliphatic carbocycles. The molecule has 0 radical (unpaired) electrons.